The van der Waals surface area contributed by atoms with Crippen LogP contribution < -0.4 is 0 Å². The zero-order chi connectivity index (χ0) is 20.2. The topological polar surface area (TPSA) is 93.9 Å². The minimum absolute atomic E-state index is 0.0775. The summed E-state index contributed by atoms with van der Waals surface area (Å²) < 4.78 is 5.25. The molecule has 1 amide bonds. The molecule has 1 fully saturated rings. The van der Waals surface area contributed by atoms with Gasteiger partial charge in [0.1, 0.15) is 5.71 Å². The SMILES string of the molecule is CCCCN(C/C(C)=C/C(=N)C(=O)N1CCOCC1)C(C)(C)C.O=CO. The summed E-state index contributed by atoms with van der Waals surface area (Å²) in [6, 6.07) is 0. The Morgan fingerprint density at radius 2 is 1.85 bits per heavy atom. The van der Waals surface area contributed by atoms with Crippen molar-refractivity contribution in [2.24, 2.45) is 0 Å². The lowest BCUT2D eigenvalue weighted by Gasteiger charge is -2.36. The highest BCUT2D eigenvalue weighted by atomic mass is 16.5. The molecule has 0 atom stereocenters. The van der Waals surface area contributed by atoms with Gasteiger partial charge in [0.15, 0.2) is 0 Å². The molecule has 7 nitrogen and oxygen atoms in total. The first-order valence-electron chi connectivity index (χ1n) is 9.13. The average molecular weight is 370 g/mol. The molecular formula is C19H35N3O4. The summed E-state index contributed by atoms with van der Waals surface area (Å²) in [5, 5.41) is 15.0. The minimum atomic E-state index is -0.250. The Labute approximate surface area is 157 Å². The number of morpholine rings is 1. The molecule has 7 heteroatoms. The van der Waals surface area contributed by atoms with Crippen LogP contribution in [0, 0.1) is 5.41 Å². The highest BCUT2D eigenvalue weighted by molar-refractivity contribution is 6.42. The van der Waals surface area contributed by atoms with Crippen molar-refractivity contribution in [3.8, 4) is 0 Å². The molecule has 150 valence electrons. The average Bonchev–Trinajstić information content (AvgIpc) is 2.58. The van der Waals surface area contributed by atoms with Gasteiger partial charge in [-0.05, 0) is 46.7 Å². The molecule has 0 radical (unpaired) electrons. The zero-order valence-electron chi connectivity index (χ0n) is 16.9. The first-order chi connectivity index (χ1) is 12.2. The van der Waals surface area contributed by atoms with Crippen molar-refractivity contribution in [2.75, 3.05) is 39.4 Å². The fraction of sp³-hybridized carbons (Fsp3) is 0.737. The van der Waals surface area contributed by atoms with Crippen molar-refractivity contribution in [1.82, 2.24) is 9.80 Å². The van der Waals surface area contributed by atoms with Crippen molar-refractivity contribution in [1.29, 1.82) is 5.41 Å². The zero-order valence-corrected chi connectivity index (χ0v) is 16.9. The summed E-state index contributed by atoms with van der Waals surface area (Å²) in [5.41, 5.74) is 1.22. The van der Waals surface area contributed by atoms with Crippen LogP contribution in [-0.2, 0) is 14.3 Å². The minimum Gasteiger partial charge on any atom is -0.483 e. The number of unbranched alkanes of at least 4 members (excludes halogenated alkanes) is 1. The van der Waals surface area contributed by atoms with Crippen LogP contribution in [0.3, 0.4) is 0 Å². The Bertz CT molecular complexity index is 478. The van der Waals surface area contributed by atoms with E-state index in [-0.39, 0.29) is 23.6 Å². The molecule has 1 rings (SSSR count). The first kappa shape index (κ1) is 24.3. The van der Waals surface area contributed by atoms with Gasteiger partial charge in [-0.1, -0.05) is 18.9 Å². The Kier molecular flexibility index (Phi) is 11.8. The summed E-state index contributed by atoms with van der Waals surface area (Å²) in [4.78, 5) is 24.8. The highest BCUT2D eigenvalue weighted by Crippen LogP contribution is 2.16. The molecule has 0 aromatic carbocycles. The smallest absolute Gasteiger partial charge is 0.290 e. The third-order valence-electron chi connectivity index (χ3n) is 4.09. The van der Waals surface area contributed by atoms with E-state index in [9.17, 15) is 4.79 Å². The van der Waals surface area contributed by atoms with E-state index in [2.05, 4.69) is 32.6 Å². The molecule has 0 bridgehead atoms. The molecule has 0 aromatic rings. The van der Waals surface area contributed by atoms with Crippen LogP contribution in [0.2, 0.25) is 0 Å². The van der Waals surface area contributed by atoms with Crippen LogP contribution in [0.4, 0.5) is 0 Å². The molecule has 2 N–H and O–H groups in total. The second-order valence-electron chi connectivity index (χ2n) is 7.36. The number of carboxylic acid groups (broad SMARTS) is 1. The van der Waals surface area contributed by atoms with E-state index in [1.165, 1.54) is 6.42 Å². The summed E-state index contributed by atoms with van der Waals surface area (Å²) in [5.74, 6) is -0.191. The number of hydrogen-bond acceptors (Lipinski definition) is 5. The molecule has 0 aromatic heterocycles. The van der Waals surface area contributed by atoms with Gasteiger partial charge in [0.05, 0.1) is 13.2 Å². The Hall–Kier alpha value is -1.73. The second kappa shape index (κ2) is 12.6. The Balaban J connectivity index is 0.00000194. The molecule has 0 unspecified atom stereocenters. The van der Waals surface area contributed by atoms with Gasteiger partial charge in [-0.15, -0.1) is 0 Å². The fourth-order valence-corrected chi connectivity index (χ4v) is 2.59. The van der Waals surface area contributed by atoms with E-state index in [1.54, 1.807) is 11.0 Å². The summed E-state index contributed by atoms with van der Waals surface area (Å²) in [6.07, 6.45) is 4.05. The van der Waals surface area contributed by atoms with Gasteiger partial charge in [-0.25, -0.2) is 0 Å². The van der Waals surface area contributed by atoms with Gasteiger partial charge in [-0.2, -0.15) is 0 Å². The Morgan fingerprint density at radius 1 is 1.31 bits per heavy atom. The van der Waals surface area contributed by atoms with Crippen LogP contribution >= 0.6 is 0 Å². The maximum Gasteiger partial charge on any atom is 0.290 e. The maximum atomic E-state index is 12.3. The summed E-state index contributed by atoms with van der Waals surface area (Å²) >= 11 is 0. The Morgan fingerprint density at radius 3 is 2.31 bits per heavy atom. The third-order valence-corrected chi connectivity index (χ3v) is 4.09. The molecule has 1 aliphatic rings. The van der Waals surface area contributed by atoms with Crippen molar-refractivity contribution < 1.29 is 19.4 Å². The number of nitrogens with one attached hydrogen (secondary N) is 1. The quantitative estimate of drug-likeness (QED) is 0.531. The first-order valence-corrected chi connectivity index (χ1v) is 9.13. The largest absolute Gasteiger partial charge is 0.483 e. The van der Waals surface area contributed by atoms with Gasteiger partial charge in [0.2, 0.25) is 0 Å². The molecule has 1 aliphatic heterocycles. The van der Waals surface area contributed by atoms with E-state index >= 15 is 0 Å². The molecule has 26 heavy (non-hydrogen) atoms. The lowest BCUT2D eigenvalue weighted by atomic mass is 10.0. The van der Waals surface area contributed by atoms with Crippen LogP contribution in [0.1, 0.15) is 47.5 Å². The van der Waals surface area contributed by atoms with Crippen molar-refractivity contribution in [3.63, 3.8) is 0 Å². The normalized spacial score (nSPS) is 15.3. The number of rotatable bonds is 7. The molecular weight excluding hydrogens is 334 g/mol. The molecule has 0 spiro atoms. The van der Waals surface area contributed by atoms with Gasteiger partial charge in [0.25, 0.3) is 12.4 Å². The monoisotopic (exact) mass is 369 g/mol. The molecule has 1 heterocycles. The maximum absolute atomic E-state index is 12.3. The standard InChI is InChI=1S/C18H33N3O2.CH2O2/c1-6-7-8-21(18(3,4)5)14-15(2)13-16(19)17(22)20-9-11-23-12-10-20;2-1-3/h13,19H,6-12,14H2,1-5H3;1H,(H,2,3)/b15-13+,19-16?;. The number of hydrogen-bond donors (Lipinski definition) is 2. The van der Waals surface area contributed by atoms with E-state index in [1.807, 2.05) is 6.92 Å². The number of ether oxygens (including phenoxy) is 1. The van der Waals surface area contributed by atoms with E-state index in [0.29, 0.717) is 26.3 Å². The number of nitrogens with zero attached hydrogens (tertiary/aromatic N) is 2. The predicted octanol–water partition coefficient (Wildman–Crippen LogP) is 2.41. The van der Waals surface area contributed by atoms with Gasteiger partial charge in [-0.3, -0.25) is 19.9 Å². The number of carbonyl (C=O) groups excluding carboxylic acids is 1. The van der Waals surface area contributed by atoms with E-state index in [0.717, 1.165) is 25.1 Å². The lowest BCUT2D eigenvalue weighted by molar-refractivity contribution is -0.128. The molecule has 1 saturated heterocycles. The van der Waals surface area contributed by atoms with Gasteiger partial charge in [0, 0.05) is 25.2 Å². The van der Waals surface area contributed by atoms with Crippen molar-refractivity contribution in [2.45, 2.75) is 53.0 Å². The summed E-state index contributed by atoms with van der Waals surface area (Å²) in [6.45, 7) is 14.7. The van der Waals surface area contributed by atoms with E-state index in [4.69, 9.17) is 20.0 Å². The highest BCUT2D eigenvalue weighted by Gasteiger charge is 2.22. The lowest BCUT2D eigenvalue weighted by Crippen LogP contribution is -2.44. The van der Waals surface area contributed by atoms with Crippen molar-refractivity contribution >= 4 is 18.1 Å². The number of carbonyl (C=O) groups is 2. The van der Waals surface area contributed by atoms with Crippen LogP contribution in [0.5, 0.6) is 0 Å². The molecule has 0 aliphatic carbocycles. The van der Waals surface area contributed by atoms with Crippen LogP contribution in [-0.4, -0.2) is 77.9 Å². The van der Waals surface area contributed by atoms with Gasteiger partial charge >= 0.3 is 0 Å². The van der Waals surface area contributed by atoms with Crippen LogP contribution in [0.15, 0.2) is 11.6 Å². The van der Waals surface area contributed by atoms with E-state index < -0.39 is 0 Å². The molecule has 0 saturated carbocycles. The van der Waals surface area contributed by atoms with Gasteiger partial charge < -0.3 is 14.7 Å². The third kappa shape index (κ3) is 9.68. The predicted molar refractivity (Wildman–Crippen MR) is 104 cm³/mol. The fourth-order valence-electron chi connectivity index (χ4n) is 2.59. The number of amides is 1. The van der Waals surface area contributed by atoms with Crippen LogP contribution in [0.25, 0.3) is 0 Å². The van der Waals surface area contributed by atoms with Crippen molar-refractivity contribution in [3.05, 3.63) is 11.6 Å². The summed E-state index contributed by atoms with van der Waals surface area (Å²) in [7, 11) is 0. The second-order valence-corrected chi connectivity index (χ2v) is 7.36.